The molecule has 2 aliphatic rings. The van der Waals surface area contributed by atoms with Gasteiger partial charge in [-0.3, -0.25) is 0 Å². The number of ether oxygens (including phenoxy) is 2. The molecule has 0 fully saturated rings. The van der Waals surface area contributed by atoms with Crippen LogP contribution in [0.4, 0.5) is 0 Å². The summed E-state index contributed by atoms with van der Waals surface area (Å²) in [5.41, 5.74) is 4.33. The molecule has 0 bridgehead atoms. The number of hydrogen-bond acceptors (Lipinski definition) is 6. The number of cyclic esters (lactones) is 1. The molecule has 31 heavy (non-hydrogen) atoms. The summed E-state index contributed by atoms with van der Waals surface area (Å²) < 4.78 is 10.6. The van der Waals surface area contributed by atoms with E-state index in [0.29, 0.717) is 27.6 Å². The van der Waals surface area contributed by atoms with Gasteiger partial charge in [-0.05, 0) is 43.2 Å². The summed E-state index contributed by atoms with van der Waals surface area (Å²) in [7, 11) is 0. The summed E-state index contributed by atoms with van der Waals surface area (Å²) >= 11 is 7.65. The fourth-order valence-electron chi connectivity index (χ4n) is 3.85. The molecule has 0 amide bonds. The molecule has 0 saturated heterocycles. The van der Waals surface area contributed by atoms with Crippen LogP contribution in [0.5, 0.6) is 0 Å². The second-order valence-electron chi connectivity index (χ2n) is 7.24. The molecular weight excluding hydrogens is 434 g/mol. The van der Waals surface area contributed by atoms with Gasteiger partial charge < -0.3 is 14.8 Å². The van der Waals surface area contributed by atoms with Crippen LogP contribution in [0.2, 0.25) is 5.02 Å². The molecule has 0 aliphatic carbocycles. The summed E-state index contributed by atoms with van der Waals surface area (Å²) in [5, 5.41) is 3.87. The molecule has 0 spiro atoms. The Bertz CT molecular complexity index is 1090. The van der Waals surface area contributed by atoms with E-state index in [1.165, 1.54) is 0 Å². The van der Waals surface area contributed by atoms with E-state index in [1.54, 1.807) is 18.7 Å². The second kappa shape index (κ2) is 9.20. The maximum absolute atomic E-state index is 12.9. The highest BCUT2D eigenvalue weighted by atomic mass is 35.5. The lowest BCUT2D eigenvalue weighted by Crippen LogP contribution is -2.30. The van der Waals surface area contributed by atoms with Gasteiger partial charge in [0.1, 0.15) is 6.61 Å². The summed E-state index contributed by atoms with van der Waals surface area (Å²) in [4.78, 5) is 26.5. The van der Waals surface area contributed by atoms with Crippen LogP contribution in [0.15, 0.2) is 76.0 Å². The third-order valence-electron chi connectivity index (χ3n) is 5.25. The van der Waals surface area contributed by atoms with E-state index in [1.807, 2.05) is 55.5 Å². The molecule has 0 aromatic heterocycles. The largest absolute Gasteiger partial charge is 0.463 e. The van der Waals surface area contributed by atoms with Crippen LogP contribution in [0.25, 0.3) is 0 Å². The third kappa shape index (κ3) is 4.36. The number of benzene rings is 2. The van der Waals surface area contributed by atoms with Crippen molar-refractivity contribution < 1.29 is 19.1 Å². The number of halogens is 1. The van der Waals surface area contributed by atoms with E-state index in [-0.39, 0.29) is 13.2 Å². The van der Waals surface area contributed by atoms with Crippen molar-refractivity contribution >= 4 is 35.3 Å². The fourth-order valence-corrected chi connectivity index (χ4v) is 5.02. The predicted molar refractivity (Wildman–Crippen MR) is 121 cm³/mol. The van der Waals surface area contributed by atoms with Crippen molar-refractivity contribution in [1.82, 2.24) is 5.32 Å². The molecule has 1 N–H and O–H groups in total. The molecule has 2 aromatic carbocycles. The summed E-state index contributed by atoms with van der Waals surface area (Å²) in [5.74, 6) is -0.646. The van der Waals surface area contributed by atoms with Crippen LogP contribution in [-0.2, 0) is 24.8 Å². The van der Waals surface area contributed by atoms with Gasteiger partial charge >= 0.3 is 11.9 Å². The molecule has 5 nitrogen and oxygen atoms in total. The number of allylic oxidation sites excluding steroid dienone is 1. The van der Waals surface area contributed by atoms with Gasteiger partial charge in [0.15, 0.2) is 0 Å². The van der Waals surface area contributed by atoms with Crippen LogP contribution in [0.3, 0.4) is 0 Å². The van der Waals surface area contributed by atoms with Gasteiger partial charge in [0, 0.05) is 21.4 Å². The first-order valence-electron chi connectivity index (χ1n) is 10.0. The first-order chi connectivity index (χ1) is 15.0. The lowest BCUT2D eigenvalue weighted by Gasteiger charge is -2.28. The number of carbonyl (C=O) groups is 2. The second-order valence-corrected chi connectivity index (χ2v) is 8.69. The first kappa shape index (κ1) is 21.5. The van der Waals surface area contributed by atoms with Crippen molar-refractivity contribution in [2.75, 3.05) is 13.2 Å². The van der Waals surface area contributed by atoms with E-state index >= 15 is 0 Å². The van der Waals surface area contributed by atoms with Crippen LogP contribution in [-0.4, -0.2) is 25.2 Å². The Kier molecular flexibility index (Phi) is 6.39. The molecule has 2 aromatic rings. The number of carbonyl (C=O) groups excluding carboxylic acids is 2. The highest BCUT2D eigenvalue weighted by Crippen LogP contribution is 2.44. The number of dihydropyridines is 1. The Balaban J connectivity index is 1.74. The molecule has 7 heteroatoms. The maximum atomic E-state index is 12.9. The van der Waals surface area contributed by atoms with Crippen molar-refractivity contribution in [2.45, 2.75) is 30.4 Å². The van der Waals surface area contributed by atoms with Gasteiger partial charge in [-0.15, -0.1) is 11.8 Å². The standard InChI is InChI=1S/C24H22ClNO4S/c1-3-29-23(27)20-14(2)26-18-12-30-24(28)22(18)21(20)17-6-4-5-7-19(17)31-13-15-8-10-16(25)11-9-15/h4-11,21,26H,3,12-13H2,1-2H3. The fraction of sp³-hybridized carbons (Fsp3) is 0.250. The number of thioether (sulfide) groups is 1. The zero-order valence-electron chi connectivity index (χ0n) is 17.2. The Labute approximate surface area is 190 Å². The molecule has 1 unspecified atom stereocenters. The lowest BCUT2D eigenvalue weighted by molar-refractivity contribution is -0.138. The minimum absolute atomic E-state index is 0.179. The smallest absolute Gasteiger partial charge is 0.337 e. The molecule has 160 valence electrons. The molecule has 2 aliphatic heterocycles. The first-order valence-corrected chi connectivity index (χ1v) is 11.4. The average Bonchev–Trinajstić information content (AvgIpc) is 3.13. The van der Waals surface area contributed by atoms with Crippen LogP contribution >= 0.6 is 23.4 Å². The predicted octanol–water partition coefficient (Wildman–Crippen LogP) is 4.97. The molecular formula is C24H22ClNO4S. The SMILES string of the molecule is CCOC(=O)C1=C(C)NC2=C(C(=O)OC2)C1c1ccccc1SCc1ccc(Cl)cc1. The Morgan fingerprint density at radius 3 is 2.71 bits per heavy atom. The van der Waals surface area contributed by atoms with Gasteiger partial charge in [-0.1, -0.05) is 41.9 Å². The van der Waals surface area contributed by atoms with Crippen molar-refractivity contribution in [2.24, 2.45) is 0 Å². The minimum atomic E-state index is -0.542. The quantitative estimate of drug-likeness (QED) is 0.490. The summed E-state index contributed by atoms with van der Waals surface area (Å²) in [6.07, 6.45) is 0. The van der Waals surface area contributed by atoms with E-state index in [2.05, 4.69) is 5.32 Å². The van der Waals surface area contributed by atoms with E-state index < -0.39 is 17.9 Å². The number of esters is 2. The summed E-state index contributed by atoms with van der Waals surface area (Å²) in [6.45, 7) is 4.03. The molecule has 0 saturated carbocycles. The normalized spacial score (nSPS) is 17.9. The van der Waals surface area contributed by atoms with Crippen molar-refractivity contribution in [3.8, 4) is 0 Å². The van der Waals surface area contributed by atoms with E-state index in [4.69, 9.17) is 21.1 Å². The maximum Gasteiger partial charge on any atom is 0.337 e. The van der Waals surface area contributed by atoms with Crippen molar-refractivity contribution in [1.29, 1.82) is 0 Å². The van der Waals surface area contributed by atoms with E-state index in [9.17, 15) is 9.59 Å². The zero-order valence-corrected chi connectivity index (χ0v) is 18.8. The average molecular weight is 456 g/mol. The van der Waals surface area contributed by atoms with Crippen molar-refractivity contribution in [3.05, 3.63) is 87.2 Å². The molecule has 4 rings (SSSR count). The molecule has 2 heterocycles. The third-order valence-corrected chi connectivity index (χ3v) is 6.66. The Hall–Kier alpha value is -2.70. The molecule has 0 radical (unpaired) electrons. The minimum Gasteiger partial charge on any atom is -0.463 e. The Morgan fingerprint density at radius 1 is 1.23 bits per heavy atom. The van der Waals surface area contributed by atoms with Crippen LogP contribution in [0, 0.1) is 0 Å². The highest BCUT2D eigenvalue weighted by Gasteiger charge is 2.42. The number of hydrogen-bond donors (Lipinski definition) is 1. The van der Waals surface area contributed by atoms with Gasteiger partial charge in [0.05, 0.1) is 29.4 Å². The number of rotatable bonds is 6. The van der Waals surface area contributed by atoms with Gasteiger partial charge in [0.2, 0.25) is 0 Å². The van der Waals surface area contributed by atoms with E-state index in [0.717, 1.165) is 21.8 Å². The highest BCUT2D eigenvalue weighted by molar-refractivity contribution is 7.98. The van der Waals surface area contributed by atoms with Gasteiger partial charge in [-0.25, -0.2) is 9.59 Å². The van der Waals surface area contributed by atoms with Crippen LogP contribution < -0.4 is 5.32 Å². The van der Waals surface area contributed by atoms with Gasteiger partial charge in [-0.2, -0.15) is 0 Å². The monoisotopic (exact) mass is 455 g/mol. The van der Waals surface area contributed by atoms with Crippen molar-refractivity contribution in [3.63, 3.8) is 0 Å². The summed E-state index contributed by atoms with van der Waals surface area (Å²) in [6, 6.07) is 15.6. The Morgan fingerprint density at radius 2 is 1.97 bits per heavy atom. The van der Waals surface area contributed by atoms with Crippen LogP contribution in [0.1, 0.15) is 30.9 Å². The lowest BCUT2D eigenvalue weighted by atomic mass is 9.81. The topological polar surface area (TPSA) is 64.6 Å². The van der Waals surface area contributed by atoms with Gasteiger partial charge in [0.25, 0.3) is 0 Å². The number of nitrogens with one attached hydrogen (secondary N) is 1. The zero-order chi connectivity index (χ0) is 22.0. The molecule has 1 atom stereocenters.